The first-order valence-corrected chi connectivity index (χ1v) is 10.5. The highest BCUT2D eigenvalue weighted by molar-refractivity contribution is 6.42. The van der Waals surface area contributed by atoms with E-state index in [2.05, 4.69) is 5.10 Å². The molecule has 33 heavy (non-hydrogen) atoms. The van der Waals surface area contributed by atoms with Crippen molar-refractivity contribution >= 4 is 40.7 Å². The Bertz CT molecular complexity index is 1180. The number of hydrogen-bond acceptors (Lipinski definition) is 4. The largest absolute Gasteiger partial charge is 0.457 e. The van der Waals surface area contributed by atoms with Crippen LogP contribution < -0.4 is 4.74 Å². The molecule has 2 aromatic carbocycles. The van der Waals surface area contributed by atoms with Gasteiger partial charge in [-0.05, 0) is 36.8 Å². The van der Waals surface area contributed by atoms with Crippen LogP contribution in [0, 0.1) is 0 Å². The van der Waals surface area contributed by atoms with Crippen LogP contribution in [-0.2, 0) is 18.1 Å². The number of benzene rings is 2. The van der Waals surface area contributed by atoms with Crippen LogP contribution in [0.15, 0.2) is 42.6 Å². The zero-order chi connectivity index (χ0) is 24.5. The predicted octanol–water partition coefficient (Wildman–Crippen LogP) is 6.96. The molecule has 0 N–H and O–H groups in total. The third-order valence-corrected chi connectivity index (χ3v) is 5.69. The second-order valence-corrected chi connectivity index (χ2v) is 8.14. The molecular formula is C21H17Cl3F3N3O3. The lowest BCUT2D eigenvalue weighted by Crippen LogP contribution is -2.34. The maximum atomic E-state index is 13.3. The molecule has 0 spiro atoms. The van der Waals surface area contributed by atoms with Gasteiger partial charge in [0.15, 0.2) is 5.69 Å². The molecule has 3 aromatic rings. The summed E-state index contributed by atoms with van der Waals surface area (Å²) in [6.07, 6.45) is -3.82. The molecule has 0 fully saturated rings. The van der Waals surface area contributed by atoms with E-state index in [1.54, 1.807) is 31.2 Å². The van der Waals surface area contributed by atoms with E-state index in [4.69, 9.17) is 44.4 Å². The quantitative estimate of drug-likeness (QED) is 0.329. The molecule has 0 aliphatic carbocycles. The minimum Gasteiger partial charge on any atom is -0.457 e. The van der Waals surface area contributed by atoms with Crippen molar-refractivity contribution in [2.24, 2.45) is 7.05 Å². The molecule has 12 heteroatoms. The summed E-state index contributed by atoms with van der Waals surface area (Å²) in [5, 5.41) is 5.05. The monoisotopic (exact) mass is 521 g/mol. The van der Waals surface area contributed by atoms with Gasteiger partial charge >= 0.3 is 6.18 Å². The van der Waals surface area contributed by atoms with Gasteiger partial charge in [-0.3, -0.25) is 14.3 Å². The van der Waals surface area contributed by atoms with Gasteiger partial charge in [-0.1, -0.05) is 40.9 Å². The lowest BCUT2D eigenvalue weighted by molar-refractivity contribution is -0.143. The zero-order valence-electron chi connectivity index (χ0n) is 17.5. The molecule has 1 amide bonds. The van der Waals surface area contributed by atoms with Gasteiger partial charge in [0.25, 0.3) is 5.91 Å². The SMILES string of the molecule is CON(C(=O)c1cn(C)nc1C(F)(F)F)C(C)c1ccc(Oc2ccc(Cl)c(Cl)c2)cc1Cl. The molecule has 1 atom stereocenters. The molecule has 0 saturated heterocycles. The zero-order valence-corrected chi connectivity index (χ0v) is 19.7. The van der Waals surface area contributed by atoms with Crippen LogP contribution in [0.3, 0.4) is 0 Å². The topological polar surface area (TPSA) is 56.6 Å². The molecular weight excluding hydrogens is 506 g/mol. The first kappa shape index (κ1) is 25.2. The highest BCUT2D eigenvalue weighted by Gasteiger charge is 2.41. The van der Waals surface area contributed by atoms with Gasteiger partial charge < -0.3 is 4.74 Å². The Morgan fingerprint density at radius 3 is 2.21 bits per heavy atom. The average Bonchev–Trinajstić information content (AvgIpc) is 3.13. The van der Waals surface area contributed by atoms with E-state index in [1.807, 2.05) is 0 Å². The summed E-state index contributed by atoms with van der Waals surface area (Å²) in [5.74, 6) is -0.222. The number of aromatic nitrogens is 2. The summed E-state index contributed by atoms with van der Waals surface area (Å²) in [7, 11) is 2.46. The molecule has 0 saturated carbocycles. The Kier molecular flexibility index (Phi) is 7.48. The number of carbonyl (C=O) groups is 1. The summed E-state index contributed by atoms with van der Waals surface area (Å²) < 4.78 is 46.6. The van der Waals surface area contributed by atoms with E-state index in [9.17, 15) is 18.0 Å². The number of hydrogen-bond donors (Lipinski definition) is 0. The van der Waals surface area contributed by atoms with Gasteiger partial charge in [0.05, 0.1) is 28.8 Å². The number of ether oxygens (including phenoxy) is 1. The number of aryl methyl sites for hydroxylation is 1. The minimum atomic E-state index is -4.81. The van der Waals surface area contributed by atoms with Crippen LogP contribution in [0.5, 0.6) is 11.5 Å². The molecule has 0 radical (unpaired) electrons. The highest BCUT2D eigenvalue weighted by atomic mass is 35.5. The molecule has 0 aliphatic rings. The second kappa shape index (κ2) is 9.80. The number of nitrogens with zero attached hydrogens (tertiary/aromatic N) is 3. The van der Waals surface area contributed by atoms with E-state index >= 15 is 0 Å². The van der Waals surface area contributed by atoms with Crippen molar-refractivity contribution in [3.8, 4) is 11.5 Å². The van der Waals surface area contributed by atoms with E-state index in [-0.39, 0.29) is 5.02 Å². The first-order chi connectivity index (χ1) is 15.4. The third-order valence-electron chi connectivity index (χ3n) is 4.63. The highest BCUT2D eigenvalue weighted by Crippen LogP contribution is 2.36. The predicted molar refractivity (Wildman–Crippen MR) is 118 cm³/mol. The maximum Gasteiger partial charge on any atom is 0.435 e. The molecule has 3 rings (SSSR count). The number of carbonyl (C=O) groups excluding carboxylic acids is 1. The van der Waals surface area contributed by atoms with Gasteiger partial charge in [-0.25, -0.2) is 5.06 Å². The van der Waals surface area contributed by atoms with Crippen molar-refractivity contribution in [1.82, 2.24) is 14.8 Å². The van der Waals surface area contributed by atoms with Crippen molar-refractivity contribution in [1.29, 1.82) is 0 Å². The Morgan fingerprint density at radius 1 is 1.06 bits per heavy atom. The van der Waals surface area contributed by atoms with E-state index in [0.29, 0.717) is 27.1 Å². The van der Waals surface area contributed by atoms with Crippen LogP contribution >= 0.6 is 34.8 Å². The number of rotatable bonds is 6. The van der Waals surface area contributed by atoms with Crippen molar-refractivity contribution in [2.75, 3.05) is 7.11 Å². The van der Waals surface area contributed by atoms with E-state index in [1.165, 1.54) is 26.3 Å². The molecule has 1 unspecified atom stereocenters. The van der Waals surface area contributed by atoms with E-state index < -0.39 is 29.4 Å². The van der Waals surface area contributed by atoms with Gasteiger partial charge in [0.1, 0.15) is 11.5 Å². The molecule has 0 bridgehead atoms. The summed E-state index contributed by atoms with van der Waals surface area (Å²) >= 11 is 18.3. The van der Waals surface area contributed by atoms with Crippen LogP contribution in [0.4, 0.5) is 13.2 Å². The number of hydroxylamine groups is 2. The second-order valence-electron chi connectivity index (χ2n) is 6.91. The molecule has 176 valence electrons. The molecule has 0 aliphatic heterocycles. The maximum absolute atomic E-state index is 13.3. The lowest BCUT2D eigenvalue weighted by atomic mass is 10.1. The first-order valence-electron chi connectivity index (χ1n) is 9.33. The summed E-state index contributed by atoms with van der Waals surface area (Å²) in [6, 6.07) is 8.56. The van der Waals surface area contributed by atoms with Gasteiger partial charge in [-0.2, -0.15) is 18.3 Å². The summed E-state index contributed by atoms with van der Waals surface area (Å²) in [5.41, 5.74) is -1.53. The molecule has 1 aromatic heterocycles. The van der Waals surface area contributed by atoms with Gasteiger partial charge in [0, 0.05) is 24.3 Å². The number of halogens is 6. The van der Waals surface area contributed by atoms with E-state index in [0.717, 1.165) is 15.9 Å². The van der Waals surface area contributed by atoms with Crippen molar-refractivity contribution < 1.29 is 27.5 Å². The Morgan fingerprint density at radius 2 is 1.67 bits per heavy atom. The summed E-state index contributed by atoms with van der Waals surface area (Å²) in [6.45, 7) is 1.56. The van der Waals surface area contributed by atoms with Crippen molar-refractivity contribution in [3.05, 3.63) is 74.5 Å². The fourth-order valence-corrected chi connectivity index (χ4v) is 3.72. The third kappa shape index (κ3) is 5.55. The Balaban J connectivity index is 1.86. The normalized spacial score (nSPS) is 12.5. The standard InChI is InChI=1S/C21H17Cl3F3N3O3/c1-11(30(32-3)20(31)15-10-29(2)28-19(15)21(25,26)27)14-6-4-12(8-17(14)23)33-13-5-7-16(22)18(24)9-13/h4-11H,1-3H3. The minimum absolute atomic E-state index is 0.206. The fraction of sp³-hybridized carbons (Fsp3) is 0.238. The molecule has 6 nitrogen and oxygen atoms in total. The molecule has 1 heterocycles. The van der Waals surface area contributed by atoms with Crippen LogP contribution in [0.25, 0.3) is 0 Å². The Labute approximate surface area is 202 Å². The average molecular weight is 523 g/mol. The lowest BCUT2D eigenvalue weighted by Gasteiger charge is -2.27. The van der Waals surface area contributed by atoms with Crippen molar-refractivity contribution in [3.63, 3.8) is 0 Å². The summed E-state index contributed by atoms with van der Waals surface area (Å²) in [4.78, 5) is 18.0. The van der Waals surface area contributed by atoms with Crippen LogP contribution in [-0.4, -0.2) is 27.9 Å². The Hall–Kier alpha value is -2.46. The van der Waals surface area contributed by atoms with Gasteiger partial charge in [-0.15, -0.1) is 0 Å². The number of alkyl halides is 3. The van der Waals surface area contributed by atoms with Crippen LogP contribution in [0.1, 0.15) is 34.6 Å². The fourth-order valence-electron chi connectivity index (χ4n) is 3.10. The number of amides is 1. The van der Waals surface area contributed by atoms with Crippen molar-refractivity contribution in [2.45, 2.75) is 19.1 Å². The van der Waals surface area contributed by atoms with Crippen LogP contribution in [0.2, 0.25) is 15.1 Å². The smallest absolute Gasteiger partial charge is 0.435 e. The van der Waals surface area contributed by atoms with Gasteiger partial charge in [0.2, 0.25) is 0 Å².